The first-order valence-corrected chi connectivity index (χ1v) is 6.57. The van der Waals surface area contributed by atoms with Gasteiger partial charge in [-0.15, -0.1) is 0 Å². The number of aliphatic carboxylic acids is 1. The van der Waals surface area contributed by atoms with E-state index in [4.69, 9.17) is 5.11 Å². The van der Waals surface area contributed by atoms with Crippen LogP contribution in [0.5, 0.6) is 0 Å². The minimum Gasteiger partial charge on any atom is -0.477 e. The van der Waals surface area contributed by atoms with Gasteiger partial charge in [-0.25, -0.2) is 4.79 Å². The second-order valence-electron chi connectivity index (χ2n) is 3.22. The fourth-order valence-electron chi connectivity index (χ4n) is 0.946. The van der Waals surface area contributed by atoms with Crippen LogP contribution >= 0.6 is 11.8 Å². The summed E-state index contributed by atoms with van der Waals surface area (Å²) in [5.41, 5.74) is -0.337. The summed E-state index contributed by atoms with van der Waals surface area (Å²) < 4.78 is 25.5. The Morgan fingerprint density at radius 1 is 1.44 bits per heavy atom. The van der Waals surface area contributed by atoms with Gasteiger partial charge in [0.1, 0.15) is 5.71 Å². The van der Waals surface area contributed by atoms with Crippen molar-refractivity contribution in [2.45, 2.75) is 19.1 Å². The highest BCUT2D eigenvalue weighted by atomic mass is 32.2. The second-order valence-corrected chi connectivity index (χ2v) is 6.34. The van der Waals surface area contributed by atoms with Crippen molar-refractivity contribution in [1.29, 1.82) is 0 Å². The quantitative estimate of drug-likeness (QED) is 0.791. The number of carbonyl (C=O) groups excluding carboxylic acids is 1. The maximum absolute atomic E-state index is 11.4. The van der Waals surface area contributed by atoms with Crippen molar-refractivity contribution in [2.24, 2.45) is 4.40 Å². The fraction of sp³-hybridized carbons (Fsp3) is 0.375. The normalized spacial score (nSPS) is 18.2. The van der Waals surface area contributed by atoms with E-state index in [1.807, 2.05) is 0 Å². The molecule has 1 heterocycles. The number of carboxylic acids is 1. The van der Waals surface area contributed by atoms with Gasteiger partial charge in [0.2, 0.25) is 5.12 Å². The van der Waals surface area contributed by atoms with Crippen molar-refractivity contribution in [3.8, 4) is 0 Å². The number of nitrogens with zero attached hydrogens (tertiary/aromatic N) is 1. The zero-order valence-electron chi connectivity index (χ0n) is 8.50. The Bertz CT molecular complexity index is 501. The minimum absolute atomic E-state index is 0.0276. The van der Waals surface area contributed by atoms with Gasteiger partial charge in [-0.1, -0.05) is 25.6 Å². The first kappa shape index (κ1) is 12.9. The number of carboxylic acid groups (broad SMARTS) is 1. The number of sulfonamides is 1. The Labute approximate surface area is 96.5 Å². The summed E-state index contributed by atoms with van der Waals surface area (Å²) in [5.74, 6) is -1.61. The molecule has 0 aromatic carbocycles. The first-order chi connectivity index (χ1) is 7.24. The van der Waals surface area contributed by atoms with Crippen molar-refractivity contribution in [3.05, 3.63) is 11.0 Å². The number of hydrogen-bond acceptors (Lipinski definition) is 5. The second kappa shape index (κ2) is 4.38. The van der Waals surface area contributed by atoms with Crippen LogP contribution in [0.4, 0.5) is 0 Å². The van der Waals surface area contributed by atoms with Crippen molar-refractivity contribution < 1.29 is 23.1 Å². The van der Waals surface area contributed by atoms with E-state index in [9.17, 15) is 18.0 Å². The predicted molar refractivity (Wildman–Crippen MR) is 59.8 cm³/mol. The van der Waals surface area contributed by atoms with Crippen molar-refractivity contribution in [2.75, 3.05) is 0 Å². The molecular formula is C8H9NO5S2. The Balaban J connectivity index is 3.04. The predicted octanol–water partition coefficient (Wildman–Crippen LogP) is 0.408. The minimum atomic E-state index is -4.20. The van der Waals surface area contributed by atoms with Gasteiger partial charge in [0.25, 0.3) is 10.0 Å². The molecule has 0 aliphatic carbocycles. The summed E-state index contributed by atoms with van der Waals surface area (Å²) in [6, 6.07) is 0. The van der Waals surface area contributed by atoms with Gasteiger partial charge < -0.3 is 5.11 Å². The molecule has 1 aliphatic heterocycles. The van der Waals surface area contributed by atoms with E-state index in [2.05, 4.69) is 4.40 Å². The van der Waals surface area contributed by atoms with Crippen LogP contribution < -0.4 is 0 Å². The molecule has 0 unspecified atom stereocenters. The molecule has 1 rings (SSSR count). The van der Waals surface area contributed by atoms with Gasteiger partial charge >= 0.3 is 5.97 Å². The summed E-state index contributed by atoms with van der Waals surface area (Å²) in [7, 11) is -4.20. The number of rotatable bonds is 3. The van der Waals surface area contributed by atoms with Crippen LogP contribution in [-0.4, -0.2) is 35.6 Å². The highest BCUT2D eigenvalue weighted by Crippen LogP contribution is 2.21. The summed E-state index contributed by atoms with van der Waals surface area (Å²) in [5, 5.41) is 8.02. The molecule has 6 nitrogen and oxygen atoms in total. The van der Waals surface area contributed by atoms with Gasteiger partial charge in [0.05, 0.1) is 0 Å². The molecule has 1 aliphatic rings. The van der Waals surface area contributed by atoms with Crippen molar-refractivity contribution >= 4 is 38.6 Å². The fourth-order valence-corrected chi connectivity index (χ4v) is 2.63. The smallest absolute Gasteiger partial charge is 0.349 e. The molecule has 8 heteroatoms. The molecule has 0 radical (unpaired) electrons. The van der Waals surface area contributed by atoms with Crippen LogP contribution in [0.3, 0.4) is 0 Å². The van der Waals surface area contributed by atoms with E-state index in [1.165, 1.54) is 0 Å². The van der Waals surface area contributed by atoms with E-state index < -0.39 is 26.0 Å². The Hall–Kier alpha value is -1.15. The van der Waals surface area contributed by atoms with Crippen LogP contribution in [0.15, 0.2) is 15.4 Å². The van der Waals surface area contributed by atoms with Gasteiger partial charge in [0, 0.05) is 5.25 Å². The third kappa shape index (κ3) is 2.70. The maximum atomic E-state index is 11.4. The van der Waals surface area contributed by atoms with Crippen molar-refractivity contribution in [1.82, 2.24) is 0 Å². The third-order valence-corrected chi connectivity index (χ3v) is 3.71. The standard InChI is InChI=1S/C8H9NO5S2/c1-4(2)15-8(12)5-3-6(7(10)11)16(13,14)9-5/h3-4H,1-2H3,(H,10,11). The SMILES string of the molecule is CC(C)SC(=O)C1=NS(=O)(=O)C(C(=O)O)=C1. The molecule has 0 bridgehead atoms. The largest absolute Gasteiger partial charge is 0.477 e. The molecule has 0 spiro atoms. The van der Waals surface area contributed by atoms with Crippen molar-refractivity contribution in [3.63, 3.8) is 0 Å². The summed E-state index contributed by atoms with van der Waals surface area (Å²) in [6.07, 6.45) is 0.787. The molecule has 0 amide bonds. The van der Waals surface area contributed by atoms with E-state index in [1.54, 1.807) is 13.8 Å². The van der Waals surface area contributed by atoms with Crippen LogP contribution in [0.1, 0.15) is 13.8 Å². The van der Waals surface area contributed by atoms with E-state index in [-0.39, 0.29) is 11.0 Å². The number of carbonyl (C=O) groups is 2. The van der Waals surface area contributed by atoms with Gasteiger partial charge in [0.15, 0.2) is 4.91 Å². The van der Waals surface area contributed by atoms with E-state index in [0.717, 1.165) is 17.8 Å². The van der Waals surface area contributed by atoms with E-state index >= 15 is 0 Å². The Morgan fingerprint density at radius 3 is 2.38 bits per heavy atom. The molecule has 1 N–H and O–H groups in total. The summed E-state index contributed by atoms with van der Waals surface area (Å²) in [6.45, 7) is 3.52. The number of allylic oxidation sites excluding steroid dienone is 1. The zero-order chi connectivity index (χ0) is 12.5. The molecular weight excluding hydrogens is 254 g/mol. The third-order valence-electron chi connectivity index (χ3n) is 1.53. The van der Waals surface area contributed by atoms with Gasteiger partial charge in [-0.3, -0.25) is 4.79 Å². The number of thioether (sulfide) groups is 1. The van der Waals surface area contributed by atoms with Gasteiger partial charge in [-0.2, -0.15) is 12.8 Å². The van der Waals surface area contributed by atoms with Crippen LogP contribution in [0.25, 0.3) is 0 Å². The first-order valence-electron chi connectivity index (χ1n) is 4.25. The molecule has 0 saturated heterocycles. The lowest BCUT2D eigenvalue weighted by Gasteiger charge is -1.99. The van der Waals surface area contributed by atoms with Crippen LogP contribution in [0.2, 0.25) is 0 Å². The molecule has 0 saturated carbocycles. The van der Waals surface area contributed by atoms with Crippen LogP contribution in [0, 0.1) is 0 Å². The average Bonchev–Trinajstić information content (AvgIpc) is 2.40. The highest BCUT2D eigenvalue weighted by molar-refractivity contribution is 8.16. The lowest BCUT2D eigenvalue weighted by molar-refractivity contribution is -0.131. The average molecular weight is 263 g/mol. The van der Waals surface area contributed by atoms with Crippen LogP contribution in [-0.2, 0) is 19.6 Å². The maximum Gasteiger partial charge on any atom is 0.349 e. The summed E-state index contributed by atoms with van der Waals surface area (Å²) in [4.78, 5) is 21.1. The zero-order valence-corrected chi connectivity index (χ0v) is 10.1. The van der Waals surface area contributed by atoms with Gasteiger partial charge in [-0.05, 0) is 6.08 Å². The summed E-state index contributed by atoms with van der Waals surface area (Å²) >= 11 is 0.895. The molecule has 88 valence electrons. The Morgan fingerprint density at radius 2 is 2.00 bits per heavy atom. The topological polar surface area (TPSA) is 101 Å². The van der Waals surface area contributed by atoms with E-state index in [0.29, 0.717) is 0 Å². The molecule has 0 fully saturated rings. The molecule has 0 aromatic rings. The monoisotopic (exact) mass is 263 g/mol. The lowest BCUT2D eigenvalue weighted by atomic mass is 10.3. The molecule has 16 heavy (non-hydrogen) atoms. The Kier molecular flexibility index (Phi) is 3.54. The molecule has 0 atom stereocenters. The lowest BCUT2D eigenvalue weighted by Crippen LogP contribution is -2.08. The number of hydrogen-bond donors (Lipinski definition) is 1. The highest BCUT2D eigenvalue weighted by Gasteiger charge is 2.33. The molecule has 0 aromatic heterocycles.